The minimum Gasteiger partial charge on any atom is -0.462 e. The Morgan fingerprint density at radius 3 is 2.38 bits per heavy atom. The van der Waals surface area contributed by atoms with Crippen LogP contribution in [0.3, 0.4) is 0 Å². The number of carbonyl (C=O) groups is 1. The van der Waals surface area contributed by atoms with Crippen molar-refractivity contribution in [3.05, 3.63) is 0 Å². The summed E-state index contributed by atoms with van der Waals surface area (Å²) in [4.78, 5) is 11.0. The Bertz CT molecular complexity index is 258. The van der Waals surface area contributed by atoms with E-state index in [0.29, 0.717) is 6.42 Å². The normalized spacial score (nSPS) is 22.3. The second kappa shape index (κ2) is 5.02. The summed E-state index contributed by atoms with van der Waals surface area (Å²) in [5.41, 5.74) is 0. The Labute approximate surface area is 101 Å². The Balaban J connectivity index is 2.33. The summed E-state index contributed by atoms with van der Waals surface area (Å²) in [6, 6.07) is 1.09. The highest BCUT2D eigenvalue weighted by atomic mass is 28.4. The van der Waals surface area contributed by atoms with E-state index >= 15 is 0 Å². The third-order valence-corrected chi connectivity index (χ3v) is 8.77. The van der Waals surface area contributed by atoms with Gasteiger partial charge in [0.05, 0.1) is 0 Å². The highest BCUT2D eigenvalue weighted by Gasteiger charge is 2.32. The van der Waals surface area contributed by atoms with Crippen LogP contribution in [0.1, 0.15) is 19.3 Å². The van der Waals surface area contributed by atoms with E-state index in [0.717, 1.165) is 18.9 Å². The summed E-state index contributed by atoms with van der Waals surface area (Å²) < 4.78 is 11.5. The van der Waals surface area contributed by atoms with Gasteiger partial charge in [-0.1, -0.05) is 0 Å². The number of ether oxygens (including phenoxy) is 1. The first-order chi connectivity index (χ1) is 7.18. The maximum absolute atomic E-state index is 11.0. The van der Waals surface area contributed by atoms with Gasteiger partial charge in [-0.05, 0) is 51.6 Å². The fourth-order valence-corrected chi connectivity index (χ4v) is 10.2. The maximum Gasteiger partial charge on any atom is 0.306 e. The molecule has 1 saturated heterocycles. The van der Waals surface area contributed by atoms with Crippen LogP contribution in [0.25, 0.3) is 0 Å². The molecule has 1 aliphatic rings. The van der Waals surface area contributed by atoms with Crippen molar-refractivity contribution in [3.8, 4) is 0 Å². The van der Waals surface area contributed by atoms with E-state index in [1.54, 1.807) is 0 Å². The van der Waals surface area contributed by atoms with Crippen LogP contribution in [-0.4, -0.2) is 28.7 Å². The van der Waals surface area contributed by atoms with Gasteiger partial charge in [0.15, 0.2) is 16.6 Å². The molecule has 1 aliphatic heterocycles. The minimum absolute atomic E-state index is 0.0319. The molecular weight excluding hydrogens is 236 g/mol. The summed E-state index contributed by atoms with van der Waals surface area (Å²) >= 11 is 0. The van der Waals surface area contributed by atoms with Crippen molar-refractivity contribution >= 4 is 22.6 Å². The lowest BCUT2D eigenvalue weighted by Gasteiger charge is -2.32. The molecule has 1 atom stereocenters. The predicted molar refractivity (Wildman–Crippen MR) is 70.5 cm³/mol. The smallest absolute Gasteiger partial charge is 0.306 e. The van der Waals surface area contributed by atoms with Crippen LogP contribution in [0, 0.1) is 0 Å². The van der Waals surface area contributed by atoms with Crippen molar-refractivity contribution in [1.29, 1.82) is 0 Å². The van der Waals surface area contributed by atoms with Crippen LogP contribution in [0.4, 0.5) is 0 Å². The molecule has 0 aliphatic carbocycles. The zero-order chi connectivity index (χ0) is 12.4. The second-order valence-corrected chi connectivity index (χ2v) is 15.2. The Hall–Kier alpha value is -0.136. The lowest BCUT2D eigenvalue weighted by molar-refractivity contribution is -0.141. The molecule has 0 bridgehead atoms. The molecule has 0 saturated carbocycles. The first kappa shape index (κ1) is 13.9. The molecule has 0 spiro atoms. The highest BCUT2D eigenvalue weighted by molar-refractivity contribution is 6.84. The molecular formula is C11H24O3Si2. The van der Waals surface area contributed by atoms with Gasteiger partial charge in [-0.25, -0.2) is 0 Å². The summed E-state index contributed by atoms with van der Waals surface area (Å²) in [6.07, 6.45) is 2.64. The molecule has 0 aromatic heterocycles. The van der Waals surface area contributed by atoms with Crippen molar-refractivity contribution in [1.82, 2.24) is 0 Å². The molecule has 1 heterocycles. The van der Waals surface area contributed by atoms with Crippen LogP contribution in [0.5, 0.6) is 0 Å². The van der Waals surface area contributed by atoms with Crippen LogP contribution in [0.2, 0.25) is 38.8 Å². The van der Waals surface area contributed by atoms with Crippen LogP contribution in [-0.2, 0) is 13.6 Å². The third kappa shape index (κ3) is 5.27. The van der Waals surface area contributed by atoms with Gasteiger partial charge in [0.2, 0.25) is 0 Å². The number of carbonyl (C=O) groups excluding carboxylic acids is 1. The van der Waals surface area contributed by atoms with E-state index in [-0.39, 0.29) is 12.1 Å². The SMILES string of the molecule is C[Si](C)(C)O[Si](C)(C)CCC1CCC(=O)O1. The first-order valence-electron chi connectivity index (χ1n) is 6.08. The van der Waals surface area contributed by atoms with E-state index in [4.69, 9.17) is 8.85 Å². The zero-order valence-corrected chi connectivity index (χ0v) is 13.1. The summed E-state index contributed by atoms with van der Waals surface area (Å²) in [7, 11) is -2.99. The van der Waals surface area contributed by atoms with Crippen LogP contribution >= 0.6 is 0 Å². The van der Waals surface area contributed by atoms with Crippen LogP contribution < -0.4 is 0 Å². The van der Waals surface area contributed by atoms with Gasteiger partial charge in [0.25, 0.3) is 0 Å². The minimum atomic E-state index is -1.56. The topological polar surface area (TPSA) is 35.5 Å². The van der Waals surface area contributed by atoms with E-state index in [2.05, 4.69) is 32.7 Å². The molecule has 5 heteroatoms. The summed E-state index contributed by atoms with van der Waals surface area (Å²) in [5.74, 6) is -0.0319. The molecule has 3 nitrogen and oxygen atoms in total. The molecule has 0 N–H and O–H groups in total. The van der Waals surface area contributed by atoms with Gasteiger partial charge in [0, 0.05) is 6.42 Å². The lowest BCUT2D eigenvalue weighted by Crippen LogP contribution is -2.42. The zero-order valence-electron chi connectivity index (χ0n) is 11.1. The molecule has 94 valence electrons. The van der Waals surface area contributed by atoms with E-state index in [1.165, 1.54) is 0 Å². The molecule has 1 unspecified atom stereocenters. The third-order valence-electron chi connectivity index (χ3n) is 2.62. The van der Waals surface area contributed by atoms with Crippen molar-refractivity contribution in [2.75, 3.05) is 0 Å². The largest absolute Gasteiger partial charge is 0.462 e. The number of rotatable bonds is 5. The fraction of sp³-hybridized carbons (Fsp3) is 0.909. The number of hydrogen-bond donors (Lipinski definition) is 0. The van der Waals surface area contributed by atoms with Gasteiger partial charge >= 0.3 is 5.97 Å². The standard InChI is InChI=1S/C11H24O3Si2/c1-15(2,3)14-16(4,5)9-8-10-6-7-11(12)13-10/h10H,6-9H2,1-5H3. The van der Waals surface area contributed by atoms with Gasteiger partial charge < -0.3 is 8.85 Å². The molecule has 0 aromatic carbocycles. The van der Waals surface area contributed by atoms with E-state index in [1.807, 2.05) is 0 Å². The van der Waals surface area contributed by atoms with Gasteiger partial charge in [-0.2, -0.15) is 0 Å². The van der Waals surface area contributed by atoms with Gasteiger partial charge in [-0.3, -0.25) is 4.79 Å². The number of cyclic esters (lactones) is 1. The monoisotopic (exact) mass is 260 g/mol. The Kier molecular flexibility index (Phi) is 4.37. The van der Waals surface area contributed by atoms with Crippen molar-refractivity contribution in [3.63, 3.8) is 0 Å². The summed E-state index contributed by atoms with van der Waals surface area (Å²) in [6.45, 7) is 11.2. The van der Waals surface area contributed by atoms with Crippen molar-refractivity contribution in [2.24, 2.45) is 0 Å². The quantitative estimate of drug-likeness (QED) is 0.563. The molecule has 0 amide bonds. The van der Waals surface area contributed by atoms with E-state index < -0.39 is 16.6 Å². The highest BCUT2D eigenvalue weighted by Crippen LogP contribution is 2.25. The Morgan fingerprint density at radius 2 is 1.94 bits per heavy atom. The van der Waals surface area contributed by atoms with Crippen LogP contribution in [0.15, 0.2) is 0 Å². The Morgan fingerprint density at radius 1 is 1.31 bits per heavy atom. The maximum atomic E-state index is 11.0. The molecule has 1 fully saturated rings. The van der Waals surface area contributed by atoms with Crippen molar-refractivity contribution < 1.29 is 13.6 Å². The average Bonchev–Trinajstić information content (AvgIpc) is 2.44. The number of esters is 1. The fourth-order valence-electron chi connectivity index (χ4n) is 2.17. The van der Waals surface area contributed by atoms with Crippen molar-refractivity contribution in [2.45, 2.75) is 64.1 Å². The molecule has 0 radical (unpaired) electrons. The lowest BCUT2D eigenvalue weighted by atomic mass is 10.2. The van der Waals surface area contributed by atoms with Gasteiger partial charge in [0.1, 0.15) is 6.10 Å². The average molecular weight is 260 g/mol. The first-order valence-corrected chi connectivity index (χ1v) is 12.6. The number of hydrogen-bond acceptors (Lipinski definition) is 3. The van der Waals surface area contributed by atoms with Gasteiger partial charge in [-0.15, -0.1) is 0 Å². The summed E-state index contributed by atoms with van der Waals surface area (Å²) in [5, 5.41) is 0. The molecule has 16 heavy (non-hydrogen) atoms. The molecule has 0 aromatic rings. The predicted octanol–water partition coefficient (Wildman–Crippen LogP) is 3.14. The van der Waals surface area contributed by atoms with E-state index in [9.17, 15) is 4.79 Å². The molecule has 1 rings (SSSR count). The second-order valence-electron chi connectivity index (χ2n) is 6.16.